The molecule has 0 aromatic heterocycles. The molecule has 0 aliphatic rings. The van der Waals surface area contributed by atoms with Crippen LogP contribution in [0.4, 0.5) is 22.7 Å². The Bertz CT molecular complexity index is 1790. The summed E-state index contributed by atoms with van der Waals surface area (Å²) in [5, 5.41) is 62.5. The minimum Gasteiger partial charge on any atom is -0.392 e. The molecule has 0 saturated heterocycles. The van der Waals surface area contributed by atoms with Gasteiger partial charge in [-0.15, -0.1) is 0 Å². The topological polar surface area (TPSA) is 230 Å². The number of carbonyl (C=O) groups excluding carboxylic acids is 1. The molecule has 232 valence electrons. The summed E-state index contributed by atoms with van der Waals surface area (Å²) in [6.45, 7) is 2.54. The summed E-state index contributed by atoms with van der Waals surface area (Å²) in [7, 11) is 0. The Morgan fingerprint density at radius 3 is 1.33 bits per heavy atom. The number of ketones is 1. The molecule has 0 atom stereocenters. The van der Waals surface area contributed by atoms with E-state index in [1.165, 1.54) is 26.0 Å². The van der Waals surface area contributed by atoms with Gasteiger partial charge in [-0.1, -0.05) is 48.5 Å². The van der Waals surface area contributed by atoms with Crippen molar-refractivity contribution in [2.45, 2.75) is 33.5 Å². The van der Waals surface area contributed by atoms with Gasteiger partial charge in [0.25, 0.3) is 22.7 Å². The SMILES string of the molecule is CC(=O)Cc1cc(-c2ccc(CO)cc2)c([N+](=O)[O-])cc1[N+](=O)[O-].Cc1cc(-c2ccc(CO)cc2)c([N+](=O)[O-])cc1[N+](=O)[O-]. The van der Waals surface area contributed by atoms with Crippen molar-refractivity contribution in [1.29, 1.82) is 0 Å². The van der Waals surface area contributed by atoms with Gasteiger partial charge < -0.3 is 10.2 Å². The number of benzene rings is 4. The Labute approximate surface area is 254 Å². The maximum absolute atomic E-state index is 11.4. The maximum atomic E-state index is 11.4. The zero-order valence-electron chi connectivity index (χ0n) is 23.9. The lowest BCUT2D eigenvalue weighted by Gasteiger charge is -2.08. The Morgan fingerprint density at radius 2 is 0.978 bits per heavy atom. The van der Waals surface area contributed by atoms with Crippen LogP contribution in [0, 0.1) is 47.4 Å². The maximum Gasteiger partial charge on any atom is 0.284 e. The van der Waals surface area contributed by atoms with Crippen LogP contribution in [0.5, 0.6) is 0 Å². The normalized spacial score (nSPS) is 10.4. The molecule has 0 spiro atoms. The molecule has 4 aromatic carbocycles. The van der Waals surface area contributed by atoms with Crippen molar-refractivity contribution in [2.75, 3.05) is 0 Å². The Morgan fingerprint density at radius 1 is 0.600 bits per heavy atom. The predicted octanol–water partition coefficient (Wildman–Crippen LogP) is 5.76. The molecule has 2 N–H and O–H groups in total. The van der Waals surface area contributed by atoms with Crippen molar-refractivity contribution < 1.29 is 34.7 Å². The fourth-order valence-corrected chi connectivity index (χ4v) is 4.43. The summed E-state index contributed by atoms with van der Waals surface area (Å²) in [5.74, 6) is -0.284. The molecule has 0 aliphatic heterocycles. The van der Waals surface area contributed by atoms with Gasteiger partial charge in [0.05, 0.1) is 56.2 Å². The number of aliphatic hydroxyl groups excluding tert-OH is 2. The monoisotopic (exact) mass is 618 g/mol. The standard InChI is InChI=1S/C16H14N2O6.C14H12N2O5/c1-10(20)6-13-7-14(12-4-2-11(9-19)3-5-12)16(18(23)24)8-15(13)17(21)22;1-9-6-12(11-4-2-10(8-17)3-5-11)14(16(20)21)7-13(9)15(18)19/h2-5,7-8,19H,6,9H2,1H3;2-7,17H,8H2,1H3. The predicted molar refractivity (Wildman–Crippen MR) is 161 cm³/mol. The molecule has 15 nitrogen and oxygen atoms in total. The molecule has 0 heterocycles. The summed E-state index contributed by atoms with van der Waals surface area (Å²) in [6, 6.07) is 17.5. The lowest BCUT2D eigenvalue weighted by atomic mass is 9.96. The van der Waals surface area contributed by atoms with Crippen molar-refractivity contribution in [2.24, 2.45) is 0 Å². The van der Waals surface area contributed by atoms with Gasteiger partial charge in [0.1, 0.15) is 5.78 Å². The number of nitro groups is 4. The van der Waals surface area contributed by atoms with Gasteiger partial charge in [-0.2, -0.15) is 0 Å². The van der Waals surface area contributed by atoms with Crippen LogP contribution in [0.2, 0.25) is 0 Å². The molecule has 0 aliphatic carbocycles. The fraction of sp³-hybridized carbons (Fsp3) is 0.167. The van der Waals surface area contributed by atoms with Crippen molar-refractivity contribution in [3.63, 3.8) is 0 Å². The quantitative estimate of drug-likeness (QED) is 0.160. The number of aliphatic hydroxyl groups is 2. The van der Waals surface area contributed by atoms with E-state index in [1.807, 2.05) is 0 Å². The molecule has 45 heavy (non-hydrogen) atoms. The Hall–Kier alpha value is -5.93. The van der Waals surface area contributed by atoms with Gasteiger partial charge in [0, 0.05) is 17.5 Å². The minimum atomic E-state index is -0.732. The lowest BCUT2D eigenvalue weighted by Crippen LogP contribution is -2.04. The van der Waals surface area contributed by atoms with E-state index in [0.29, 0.717) is 33.4 Å². The first-order chi connectivity index (χ1) is 21.3. The highest BCUT2D eigenvalue weighted by molar-refractivity contribution is 5.83. The van der Waals surface area contributed by atoms with Gasteiger partial charge in [-0.05, 0) is 48.2 Å². The van der Waals surface area contributed by atoms with E-state index < -0.39 is 31.1 Å². The molecular formula is C30H26N4O11. The zero-order chi connectivity index (χ0) is 33.4. The van der Waals surface area contributed by atoms with Gasteiger partial charge in [-0.3, -0.25) is 45.3 Å². The summed E-state index contributed by atoms with van der Waals surface area (Å²) < 4.78 is 0. The van der Waals surface area contributed by atoms with Crippen molar-refractivity contribution in [1.82, 2.24) is 0 Å². The van der Waals surface area contributed by atoms with E-state index in [2.05, 4.69) is 0 Å². The summed E-state index contributed by atoms with van der Waals surface area (Å²) in [6.07, 6.45) is -0.184. The zero-order valence-corrected chi connectivity index (χ0v) is 23.9. The van der Waals surface area contributed by atoms with Crippen LogP contribution in [-0.2, 0) is 24.4 Å². The van der Waals surface area contributed by atoms with E-state index in [-0.39, 0.29) is 47.9 Å². The van der Waals surface area contributed by atoms with Crippen molar-refractivity contribution >= 4 is 28.5 Å². The fourth-order valence-electron chi connectivity index (χ4n) is 4.43. The van der Waals surface area contributed by atoms with Crippen LogP contribution in [-0.4, -0.2) is 35.7 Å². The van der Waals surface area contributed by atoms with Gasteiger partial charge in [0.2, 0.25) is 0 Å². The molecule has 0 fully saturated rings. The number of aryl methyl sites for hydroxylation is 1. The molecule has 15 heteroatoms. The van der Waals surface area contributed by atoms with Gasteiger partial charge in [-0.25, -0.2) is 0 Å². The highest BCUT2D eigenvalue weighted by atomic mass is 16.6. The van der Waals surface area contributed by atoms with Crippen LogP contribution < -0.4 is 0 Å². The number of hydrogen-bond acceptors (Lipinski definition) is 11. The number of rotatable bonds is 10. The van der Waals surface area contributed by atoms with E-state index in [1.54, 1.807) is 48.5 Å². The third-order valence-electron chi connectivity index (χ3n) is 6.63. The number of carbonyl (C=O) groups is 1. The van der Waals surface area contributed by atoms with Crippen LogP contribution in [0.25, 0.3) is 22.3 Å². The molecule has 0 amide bonds. The second-order valence-corrected chi connectivity index (χ2v) is 9.77. The van der Waals surface area contributed by atoms with Crippen LogP contribution in [0.1, 0.15) is 29.2 Å². The van der Waals surface area contributed by atoms with E-state index in [4.69, 9.17) is 10.2 Å². The molecule has 0 saturated carbocycles. The number of nitrogens with zero attached hydrogens (tertiary/aromatic N) is 4. The third kappa shape index (κ3) is 8.13. The van der Waals surface area contributed by atoms with Crippen LogP contribution in [0.3, 0.4) is 0 Å². The molecule has 0 radical (unpaired) electrons. The van der Waals surface area contributed by atoms with Gasteiger partial charge >= 0.3 is 0 Å². The third-order valence-corrected chi connectivity index (χ3v) is 6.63. The van der Waals surface area contributed by atoms with E-state index in [9.17, 15) is 45.3 Å². The highest BCUT2D eigenvalue weighted by Gasteiger charge is 2.26. The number of nitro benzene ring substituents is 4. The van der Waals surface area contributed by atoms with E-state index >= 15 is 0 Å². The van der Waals surface area contributed by atoms with E-state index in [0.717, 1.165) is 12.1 Å². The number of Topliss-reactive ketones (excluding diaryl/α,β-unsaturated/α-hetero) is 1. The summed E-state index contributed by atoms with van der Waals surface area (Å²) in [4.78, 5) is 53.1. The second kappa shape index (κ2) is 14.5. The average Bonchev–Trinajstić information content (AvgIpc) is 3.00. The first kappa shape index (κ1) is 33.6. The smallest absolute Gasteiger partial charge is 0.284 e. The summed E-state index contributed by atoms with van der Waals surface area (Å²) >= 11 is 0. The van der Waals surface area contributed by atoms with Crippen molar-refractivity contribution in [3.05, 3.63) is 136 Å². The van der Waals surface area contributed by atoms with Gasteiger partial charge in [0.15, 0.2) is 0 Å². The largest absolute Gasteiger partial charge is 0.392 e. The molecule has 0 unspecified atom stereocenters. The Kier molecular flexibility index (Phi) is 10.8. The second-order valence-electron chi connectivity index (χ2n) is 9.77. The van der Waals surface area contributed by atoms with Crippen LogP contribution >= 0.6 is 0 Å². The molecular weight excluding hydrogens is 592 g/mol. The van der Waals surface area contributed by atoms with Crippen molar-refractivity contribution in [3.8, 4) is 22.3 Å². The minimum absolute atomic E-state index is 0.123. The first-order valence-electron chi connectivity index (χ1n) is 13.1. The molecule has 0 bridgehead atoms. The first-order valence-corrected chi connectivity index (χ1v) is 13.1. The number of hydrogen-bond donors (Lipinski definition) is 2. The average molecular weight is 619 g/mol. The molecule has 4 aromatic rings. The summed E-state index contributed by atoms with van der Waals surface area (Å²) in [5.41, 5.74) is 1.87. The van der Waals surface area contributed by atoms with Crippen LogP contribution in [0.15, 0.2) is 72.8 Å². The molecule has 4 rings (SSSR count). The highest BCUT2D eigenvalue weighted by Crippen LogP contribution is 2.37. The Balaban J connectivity index is 0.000000248. The lowest BCUT2D eigenvalue weighted by molar-refractivity contribution is -0.394.